The molecule has 1 aromatic rings. The third kappa shape index (κ3) is 2.75. The Morgan fingerprint density at radius 2 is 2.12 bits per heavy atom. The normalized spacial score (nSPS) is 15.8. The van der Waals surface area contributed by atoms with Gasteiger partial charge in [0, 0.05) is 10.6 Å². The van der Waals surface area contributed by atoms with Crippen molar-refractivity contribution in [1.29, 1.82) is 0 Å². The molecule has 88 valence electrons. The molecule has 0 unspecified atom stereocenters. The van der Waals surface area contributed by atoms with E-state index in [2.05, 4.69) is 10.4 Å². The van der Waals surface area contributed by atoms with Gasteiger partial charge in [0.15, 0.2) is 0 Å². The van der Waals surface area contributed by atoms with Crippen molar-refractivity contribution in [2.45, 2.75) is 0 Å². The Labute approximate surface area is 107 Å². The molecule has 1 saturated heterocycles. The van der Waals surface area contributed by atoms with Gasteiger partial charge in [-0.1, -0.05) is 29.3 Å². The lowest BCUT2D eigenvalue weighted by Gasteiger charge is -2.04. The van der Waals surface area contributed by atoms with Crippen molar-refractivity contribution < 1.29 is 9.59 Å². The van der Waals surface area contributed by atoms with E-state index < -0.39 is 6.03 Å². The molecule has 1 aromatic carbocycles. The number of benzene rings is 1. The number of hydrogen-bond acceptors (Lipinski definition) is 3. The van der Waals surface area contributed by atoms with Crippen LogP contribution in [0.1, 0.15) is 5.56 Å². The van der Waals surface area contributed by atoms with E-state index in [1.165, 1.54) is 6.21 Å². The Morgan fingerprint density at radius 3 is 2.71 bits per heavy atom. The topological polar surface area (TPSA) is 61.8 Å². The van der Waals surface area contributed by atoms with Crippen LogP contribution in [0.3, 0.4) is 0 Å². The van der Waals surface area contributed by atoms with Crippen molar-refractivity contribution >= 4 is 41.4 Å². The van der Waals surface area contributed by atoms with Gasteiger partial charge >= 0.3 is 6.03 Å². The lowest BCUT2D eigenvalue weighted by atomic mass is 10.2. The number of nitrogens with zero attached hydrogens (tertiary/aromatic N) is 2. The Bertz CT molecular complexity index is 516. The van der Waals surface area contributed by atoms with Crippen molar-refractivity contribution in [1.82, 2.24) is 10.3 Å². The van der Waals surface area contributed by atoms with Crippen LogP contribution in [-0.2, 0) is 4.79 Å². The highest BCUT2D eigenvalue weighted by molar-refractivity contribution is 6.36. The second-order valence-electron chi connectivity index (χ2n) is 3.32. The Balaban J connectivity index is 2.15. The molecular weight excluding hydrogens is 265 g/mol. The second kappa shape index (κ2) is 4.73. The molecule has 0 aliphatic carbocycles. The minimum atomic E-state index is -0.545. The third-order valence-corrected chi connectivity index (χ3v) is 2.64. The zero-order valence-corrected chi connectivity index (χ0v) is 10.00. The lowest BCUT2D eigenvalue weighted by molar-refractivity contribution is -0.118. The number of amides is 3. The molecule has 2 rings (SSSR count). The van der Waals surface area contributed by atoms with Crippen molar-refractivity contribution in [3.05, 3.63) is 33.8 Å². The minimum absolute atomic E-state index is 0.0828. The fourth-order valence-corrected chi connectivity index (χ4v) is 1.72. The maximum atomic E-state index is 11.2. The Hall–Kier alpha value is -1.59. The summed E-state index contributed by atoms with van der Waals surface area (Å²) in [5.41, 5.74) is 0.614. The highest BCUT2D eigenvalue weighted by Gasteiger charge is 2.25. The van der Waals surface area contributed by atoms with Gasteiger partial charge in [-0.25, -0.2) is 9.80 Å². The first-order valence-electron chi connectivity index (χ1n) is 4.66. The number of imide groups is 1. The van der Waals surface area contributed by atoms with Crippen LogP contribution in [0.2, 0.25) is 10.0 Å². The Kier molecular flexibility index (Phi) is 3.31. The van der Waals surface area contributed by atoms with Gasteiger partial charge in [-0.3, -0.25) is 10.1 Å². The van der Waals surface area contributed by atoms with Crippen LogP contribution in [0.25, 0.3) is 0 Å². The standard InChI is InChI=1S/C10H7Cl2N3O2/c11-7-2-1-6(8(12)3-7)4-13-15-5-9(16)14-10(15)17/h1-4H,5H2,(H,14,16,17)/b13-4+. The van der Waals surface area contributed by atoms with Gasteiger partial charge in [0.2, 0.25) is 5.91 Å². The van der Waals surface area contributed by atoms with Crippen molar-refractivity contribution in [3.8, 4) is 0 Å². The fraction of sp³-hybridized carbons (Fsp3) is 0.100. The maximum Gasteiger partial charge on any atom is 0.344 e. The smallest absolute Gasteiger partial charge is 0.275 e. The summed E-state index contributed by atoms with van der Waals surface area (Å²) in [7, 11) is 0. The molecule has 1 heterocycles. The van der Waals surface area contributed by atoms with E-state index in [0.717, 1.165) is 5.01 Å². The molecule has 0 bridgehead atoms. The number of nitrogens with one attached hydrogen (secondary N) is 1. The van der Waals surface area contributed by atoms with Crippen LogP contribution in [-0.4, -0.2) is 29.7 Å². The van der Waals surface area contributed by atoms with Crippen molar-refractivity contribution in [2.75, 3.05) is 6.54 Å². The van der Waals surface area contributed by atoms with Crippen LogP contribution in [0.15, 0.2) is 23.3 Å². The Morgan fingerprint density at radius 1 is 1.35 bits per heavy atom. The number of rotatable bonds is 2. The average molecular weight is 272 g/mol. The molecule has 1 N–H and O–H groups in total. The molecule has 7 heteroatoms. The minimum Gasteiger partial charge on any atom is -0.275 e. The van der Waals surface area contributed by atoms with E-state index in [4.69, 9.17) is 23.2 Å². The largest absolute Gasteiger partial charge is 0.344 e. The lowest BCUT2D eigenvalue weighted by Crippen LogP contribution is -2.24. The predicted octanol–water partition coefficient (Wildman–Crippen LogP) is 1.88. The van der Waals surface area contributed by atoms with Crippen LogP contribution in [0.5, 0.6) is 0 Å². The number of urea groups is 1. The molecule has 3 amide bonds. The van der Waals surface area contributed by atoms with Gasteiger partial charge in [0.1, 0.15) is 6.54 Å². The quantitative estimate of drug-likeness (QED) is 0.660. The van der Waals surface area contributed by atoms with Gasteiger partial charge in [-0.2, -0.15) is 5.10 Å². The second-order valence-corrected chi connectivity index (χ2v) is 4.17. The van der Waals surface area contributed by atoms with Crippen molar-refractivity contribution in [2.24, 2.45) is 5.10 Å². The summed E-state index contributed by atoms with van der Waals surface area (Å²) in [6, 6.07) is 4.35. The summed E-state index contributed by atoms with van der Waals surface area (Å²) in [6.07, 6.45) is 1.40. The van der Waals surface area contributed by atoms with Gasteiger partial charge in [-0.05, 0) is 12.1 Å². The molecule has 5 nitrogen and oxygen atoms in total. The summed E-state index contributed by atoms with van der Waals surface area (Å²) in [5.74, 6) is -0.380. The zero-order chi connectivity index (χ0) is 12.4. The number of halogens is 2. The first-order chi connectivity index (χ1) is 8.06. The van der Waals surface area contributed by atoms with Crippen LogP contribution in [0, 0.1) is 0 Å². The summed E-state index contributed by atoms with van der Waals surface area (Å²) < 4.78 is 0. The summed E-state index contributed by atoms with van der Waals surface area (Å²) >= 11 is 11.7. The summed E-state index contributed by atoms with van der Waals surface area (Å²) in [5, 5.41) is 7.93. The maximum absolute atomic E-state index is 11.2. The molecule has 1 fully saturated rings. The highest BCUT2D eigenvalue weighted by atomic mass is 35.5. The molecular formula is C10H7Cl2N3O2. The molecule has 0 aromatic heterocycles. The number of hydrazone groups is 1. The molecule has 0 saturated carbocycles. The third-order valence-electron chi connectivity index (χ3n) is 2.07. The zero-order valence-electron chi connectivity index (χ0n) is 8.48. The average Bonchev–Trinajstić information content (AvgIpc) is 2.56. The summed E-state index contributed by atoms with van der Waals surface area (Å²) in [4.78, 5) is 22.1. The van der Waals surface area contributed by atoms with Crippen LogP contribution < -0.4 is 5.32 Å². The van der Waals surface area contributed by atoms with Crippen LogP contribution >= 0.6 is 23.2 Å². The highest BCUT2D eigenvalue weighted by Crippen LogP contribution is 2.19. The first-order valence-corrected chi connectivity index (χ1v) is 5.42. The molecule has 1 aliphatic heterocycles. The monoisotopic (exact) mass is 271 g/mol. The van der Waals surface area contributed by atoms with Crippen LogP contribution in [0.4, 0.5) is 4.79 Å². The van der Waals surface area contributed by atoms with E-state index in [0.29, 0.717) is 15.6 Å². The number of carbonyl (C=O) groups excluding carboxylic acids is 2. The van der Waals surface area contributed by atoms with E-state index >= 15 is 0 Å². The molecule has 0 atom stereocenters. The fourth-order valence-electron chi connectivity index (χ4n) is 1.26. The van der Waals surface area contributed by atoms with Gasteiger partial charge < -0.3 is 0 Å². The first kappa shape index (κ1) is 11.9. The van der Waals surface area contributed by atoms with E-state index in [1.807, 2.05) is 0 Å². The van der Waals surface area contributed by atoms with E-state index in [9.17, 15) is 9.59 Å². The van der Waals surface area contributed by atoms with Crippen molar-refractivity contribution in [3.63, 3.8) is 0 Å². The van der Waals surface area contributed by atoms with Gasteiger partial charge in [0.05, 0.1) is 11.2 Å². The predicted molar refractivity (Wildman–Crippen MR) is 64.3 cm³/mol. The molecule has 1 aliphatic rings. The molecule has 0 radical (unpaired) electrons. The van der Waals surface area contributed by atoms with Gasteiger partial charge in [-0.15, -0.1) is 0 Å². The molecule has 0 spiro atoms. The van der Waals surface area contributed by atoms with E-state index in [1.54, 1.807) is 18.2 Å². The SMILES string of the molecule is O=C1CN(/N=C/c2ccc(Cl)cc2Cl)C(=O)N1. The number of hydrogen-bond donors (Lipinski definition) is 1. The molecule has 17 heavy (non-hydrogen) atoms. The summed E-state index contributed by atoms with van der Waals surface area (Å²) in [6.45, 7) is -0.0828. The van der Waals surface area contributed by atoms with E-state index in [-0.39, 0.29) is 12.5 Å². The number of carbonyl (C=O) groups is 2. The van der Waals surface area contributed by atoms with Gasteiger partial charge in [0.25, 0.3) is 0 Å².